The van der Waals surface area contributed by atoms with E-state index in [-0.39, 0.29) is 11.9 Å². The summed E-state index contributed by atoms with van der Waals surface area (Å²) in [6.45, 7) is 2.51. The molecule has 0 bridgehead atoms. The molecule has 0 aliphatic rings. The van der Waals surface area contributed by atoms with Crippen molar-refractivity contribution in [1.29, 1.82) is 0 Å². The van der Waals surface area contributed by atoms with Crippen molar-refractivity contribution in [2.75, 3.05) is 13.7 Å². The van der Waals surface area contributed by atoms with Crippen LogP contribution in [-0.2, 0) is 4.74 Å². The Kier molecular flexibility index (Phi) is 5.74. The molecule has 0 saturated heterocycles. The molecule has 100 valence electrons. The zero-order valence-electron chi connectivity index (χ0n) is 10.4. The monoisotopic (exact) mass is 272 g/mol. The SMILES string of the molecule is COCCC(C)Oc1cc(Cl)ccc1/C(N)=N/O. The number of ether oxygens (including phenoxy) is 2. The van der Waals surface area contributed by atoms with Gasteiger partial charge in [0.2, 0.25) is 0 Å². The van der Waals surface area contributed by atoms with Gasteiger partial charge in [0.1, 0.15) is 5.75 Å². The topological polar surface area (TPSA) is 77.1 Å². The van der Waals surface area contributed by atoms with E-state index >= 15 is 0 Å². The maximum Gasteiger partial charge on any atom is 0.173 e. The van der Waals surface area contributed by atoms with E-state index in [0.29, 0.717) is 22.9 Å². The maximum atomic E-state index is 8.71. The average molecular weight is 273 g/mol. The van der Waals surface area contributed by atoms with Crippen LogP contribution < -0.4 is 10.5 Å². The van der Waals surface area contributed by atoms with Crippen LogP contribution in [0.3, 0.4) is 0 Å². The molecular formula is C12H17ClN2O3. The van der Waals surface area contributed by atoms with Gasteiger partial charge < -0.3 is 20.4 Å². The number of benzene rings is 1. The lowest BCUT2D eigenvalue weighted by Crippen LogP contribution is -2.19. The van der Waals surface area contributed by atoms with Crippen LogP contribution in [0.4, 0.5) is 0 Å². The van der Waals surface area contributed by atoms with Gasteiger partial charge in [0, 0.05) is 25.2 Å². The number of oxime groups is 1. The minimum atomic E-state index is -0.0614. The molecule has 18 heavy (non-hydrogen) atoms. The molecule has 0 saturated carbocycles. The highest BCUT2D eigenvalue weighted by Crippen LogP contribution is 2.24. The van der Waals surface area contributed by atoms with E-state index < -0.39 is 0 Å². The molecule has 1 unspecified atom stereocenters. The van der Waals surface area contributed by atoms with Crippen LogP contribution in [0.5, 0.6) is 5.75 Å². The molecule has 1 aromatic rings. The molecule has 0 spiro atoms. The third-order valence-electron chi connectivity index (χ3n) is 2.38. The lowest BCUT2D eigenvalue weighted by molar-refractivity contribution is 0.135. The summed E-state index contributed by atoms with van der Waals surface area (Å²) >= 11 is 5.90. The number of halogens is 1. The molecule has 0 aliphatic carbocycles. The molecule has 0 heterocycles. The Morgan fingerprint density at radius 2 is 2.28 bits per heavy atom. The predicted octanol–water partition coefficient (Wildman–Crippen LogP) is 2.24. The highest BCUT2D eigenvalue weighted by Gasteiger charge is 2.12. The standard InChI is InChI=1S/C12H17ClN2O3/c1-8(5-6-17-2)18-11-7-9(13)3-4-10(11)12(14)15-16/h3-4,7-8,16H,5-6H2,1-2H3,(H2,14,15). The molecule has 5 nitrogen and oxygen atoms in total. The number of amidine groups is 1. The van der Waals surface area contributed by atoms with Gasteiger partial charge in [-0.3, -0.25) is 0 Å². The summed E-state index contributed by atoms with van der Waals surface area (Å²) in [5.74, 6) is 0.474. The Hall–Kier alpha value is -1.46. The van der Waals surface area contributed by atoms with Gasteiger partial charge in [-0.05, 0) is 25.1 Å². The van der Waals surface area contributed by atoms with E-state index in [0.717, 1.165) is 6.42 Å². The Balaban J connectivity index is 2.88. The summed E-state index contributed by atoms with van der Waals surface area (Å²) in [4.78, 5) is 0. The van der Waals surface area contributed by atoms with Crippen molar-refractivity contribution in [3.8, 4) is 5.75 Å². The van der Waals surface area contributed by atoms with Gasteiger partial charge in [-0.15, -0.1) is 0 Å². The molecule has 0 radical (unpaired) electrons. The van der Waals surface area contributed by atoms with Gasteiger partial charge in [-0.1, -0.05) is 16.8 Å². The highest BCUT2D eigenvalue weighted by atomic mass is 35.5. The Morgan fingerprint density at radius 3 is 2.89 bits per heavy atom. The Labute approximate surface area is 111 Å². The quantitative estimate of drug-likeness (QED) is 0.360. The van der Waals surface area contributed by atoms with Crippen molar-refractivity contribution in [3.63, 3.8) is 0 Å². The Bertz CT molecular complexity index is 424. The second-order valence-corrected chi connectivity index (χ2v) is 4.27. The predicted molar refractivity (Wildman–Crippen MR) is 70.5 cm³/mol. The second kappa shape index (κ2) is 7.08. The summed E-state index contributed by atoms with van der Waals surface area (Å²) in [6, 6.07) is 4.94. The highest BCUT2D eigenvalue weighted by molar-refractivity contribution is 6.30. The molecular weight excluding hydrogens is 256 g/mol. The van der Waals surface area contributed by atoms with Crippen molar-refractivity contribution in [2.24, 2.45) is 10.9 Å². The molecule has 0 aliphatic heterocycles. The van der Waals surface area contributed by atoms with Crippen LogP contribution in [0.25, 0.3) is 0 Å². The number of rotatable bonds is 6. The normalized spacial score (nSPS) is 13.4. The lowest BCUT2D eigenvalue weighted by Gasteiger charge is -2.17. The van der Waals surface area contributed by atoms with Gasteiger partial charge in [-0.2, -0.15) is 0 Å². The van der Waals surface area contributed by atoms with E-state index in [1.54, 1.807) is 25.3 Å². The molecule has 1 aromatic carbocycles. The van der Waals surface area contributed by atoms with Gasteiger partial charge in [0.25, 0.3) is 0 Å². The summed E-state index contributed by atoms with van der Waals surface area (Å²) in [5, 5.41) is 12.2. The van der Waals surface area contributed by atoms with Gasteiger partial charge in [0.05, 0.1) is 11.7 Å². The smallest absolute Gasteiger partial charge is 0.173 e. The number of nitrogens with two attached hydrogens (primary N) is 1. The minimum Gasteiger partial charge on any atom is -0.490 e. The zero-order valence-corrected chi connectivity index (χ0v) is 11.1. The maximum absolute atomic E-state index is 8.71. The van der Waals surface area contributed by atoms with Crippen LogP contribution in [0.1, 0.15) is 18.9 Å². The third kappa shape index (κ3) is 4.09. The van der Waals surface area contributed by atoms with Crippen LogP contribution >= 0.6 is 11.6 Å². The number of methoxy groups -OCH3 is 1. The molecule has 1 rings (SSSR count). The number of nitrogens with zero attached hydrogens (tertiary/aromatic N) is 1. The van der Waals surface area contributed by atoms with E-state index in [1.165, 1.54) is 0 Å². The fourth-order valence-corrected chi connectivity index (χ4v) is 1.58. The van der Waals surface area contributed by atoms with Gasteiger partial charge >= 0.3 is 0 Å². The van der Waals surface area contributed by atoms with Gasteiger partial charge in [0.15, 0.2) is 5.84 Å². The fraction of sp³-hybridized carbons (Fsp3) is 0.417. The van der Waals surface area contributed by atoms with Gasteiger partial charge in [-0.25, -0.2) is 0 Å². The van der Waals surface area contributed by atoms with E-state index in [2.05, 4.69) is 5.16 Å². The minimum absolute atomic E-state index is 0.0133. The largest absolute Gasteiger partial charge is 0.490 e. The molecule has 3 N–H and O–H groups in total. The number of hydrogen-bond donors (Lipinski definition) is 2. The average Bonchev–Trinajstić information content (AvgIpc) is 2.35. The molecule has 1 atom stereocenters. The first-order chi connectivity index (χ1) is 8.58. The molecule has 6 heteroatoms. The van der Waals surface area contributed by atoms with Crippen molar-refractivity contribution < 1.29 is 14.7 Å². The third-order valence-corrected chi connectivity index (χ3v) is 2.62. The first-order valence-electron chi connectivity index (χ1n) is 5.51. The van der Waals surface area contributed by atoms with Crippen LogP contribution in [-0.4, -0.2) is 30.9 Å². The summed E-state index contributed by atoms with van der Waals surface area (Å²) in [5.41, 5.74) is 6.08. The van der Waals surface area contributed by atoms with E-state index in [9.17, 15) is 0 Å². The summed E-state index contributed by atoms with van der Waals surface area (Å²) < 4.78 is 10.7. The molecule has 0 aromatic heterocycles. The first kappa shape index (κ1) is 14.6. The molecule has 0 amide bonds. The van der Waals surface area contributed by atoms with E-state index in [4.69, 9.17) is 32.0 Å². The first-order valence-corrected chi connectivity index (χ1v) is 5.89. The zero-order chi connectivity index (χ0) is 13.5. The molecule has 0 fully saturated rings. The number of hydrogen-bond acceptors (Lipinski definition) is 4. The summed E-state index contributed by atoms with van der Waals surface area (Å²) in [7, 11) is 1.63. The van der Waals surface area contributed by atoms with Crippen molar-refractivity contribution in [1.82, 2.24) is 0 Å². The second-order valence-electron chi connectivity index (χ2n) is 3.84. The van der Waals surface area contributed by atoms with Crippen LogP contribution in [0, 0.1) is 0 Å². The van der Waals surface area contributed by atoms with Crippen LogP contribution in [0.15, 0.2) is 23.4 Å². The van der Waals surface area contributed by atoms with E-state index in [1.807, 2.05) is 6.92 Å². The van der Waals surface area contributed by atoms with Crippen molar-refractivity contribution in [3.05, 3.63) is 28.8 Å². The fourth-order valence-electron chi connectivity index (χ4n) is 1.42. The lowest BCUT2D eigenvalue weighted by atomic mass is 10.2. The van der Waals surface area contributed by atoms with Crippen molar-refractivity contribution in [2.45, 2.75) is 19.4 Å². The van der Waals surface area contributed by atoms with Crippen LogP contribution in [0.2, 0.25) is 5.02 Å². The summed E-state index contributed by atoms with van der Waals surface area (Å²) in [6.07, 6.45) is 0.673. The Morgan fingerprint density at radius 1 is 1.56 bits per heavy atom. The van der Waals surface area contributed by atoms with Crippen molar-refractivity contribution >= 4 is 17.4 Å².